The molecule has 2 amide bonds. The highest BCUT2D eigenvalue weighted by Crippen LogP contribution is 2.39. The van der Waals surface area contributed by atoms with Gasteiger partial charge in [-0.15, -0.1) is 0 Å². The minimum absolute atomic E-state index is 0.0102. The Balaban J connectivity index is 1.73. The number of anilines is 1. The summed E-state index contributed by atoms with van der Waals surface area (Å²) in [5.74, 6) is 0. The lowest BCUT2D eigenvalue weighted by Gasteiger charge is -2.41. The monoisotopic (exact) mass is 474 g/mol. The molecular weight excluding hydrogens is 447 g/mol. The molecular formula is C24H28Cl2N4O2. The lowest BCUT2D eigenvalue weighted by molar-refractivity contribution is -0.0196. The van der Waals surface area contributed by atoms with E-state index in [0.29, 0.717) is 60.1 Å². The Kier molecular flexibility index (Phi) is 8.02. The largest absolute Gasteiger partial charge is 0.385 e. The number of nitrogens with one attached hydrogen (secondary N) is 1. The van der Waals surface area contributed by atoms with Crippen LogP contribution in [0.2, 0.25) is 10.0 Å². The fraction of sp³-hybridized carbons (Fsp3) is 0.417. The van der Waals surface area contributed by atoms with Gasteiger partial charge >= 0.3 is 6.03 Å². The van der Waals surface area contributed by atoms with Gasteiger partial charge in [0.05, 0.1) is 17.2 Å². The van der Waals surface area contributed by atoms with Crippen molar-refractivity contribution in [1.82, 2.24) is 9.80 Å². The van der Waals surface area contributed by atoms with Crippen LogP contribution in [0.25, 0.3) is 0 Å². The highest BCUT2D eigenvalue weighted by Gasteiger charge is 2.38. The van der Waals surface area contributed by atoms with Crippen molar-refractivity contribution < 1.29 is 9.90 Å². The maximum absolute atomic E-state index is 13.2. The van der Waals surface area contributed by atoms with Gasteiger partial charge in [-0.25, -0.2) is 4.79 Å². The van der Waals surface area contributed by atoms with E-state index in [9.17, 15) is 15.2 Å². The summed E-state index contributed by atoms with van der Waals surface area (Å²) in [7, 11) is 3.93. The van der Waals surface area contributed by atoms with Crippen LogP contribution in [-0.2, 0) is 5.60 Å². The lowest BCUT2D eigenvalue weighted by atomic mass is 9.77. The van der Waals surface area contributed by atoms with Crippen LogP contribution in [0, 0.1) is 11.3 Å². The molecule has 1 aliphatic carbocycles. The summed E-state index contributed by atoms with van der Waals surface area (Å²) in [6.45, 7) is 1.27. The van der Waals surface area contributed by atoms with Gasteiger partial charge in [0.15, 0.2) is 0 Å². The van der Waals surface area contributed by atoms with E-state index in [1.54, 1.807) is 36.4 Å². The molecule has 1 fully saturated rings. The third-order valence-corrected chi connectivity index (χ3v) is 6.35. The third kappa shape index (κ3) is 6.14. The van der Waals surface area contributed by atoms with Crippen molar-refractivity contribution in [3.05, 3.63) is 63.6 Å². The Morgan fingerprint density at radius 2 is 1.81 bits per heavy atom. The van der Waals surface area contributed by atoms with E-state index in [-0.39, 0.29) is 12.1 Å². The molecule has 2 aromatic carbocycles. The molecule has 3 rings (SSSR count). The van der Waals surface area contributed by atoms with E-state index < -0.39 is 5.60 Å². The Hall–Kier alpha value is -2.30. The zero-order valence-electron chi connectivity index (χ0n) is 18.3. The first kappa shape index (κ1) is 24.3. The van der Waals surface area contributed by atoms with Gasteiger partial charge in [-0.05, 0) is 75.7 Å². The third-order valence-electron chi connectivity index (χ3n) is 5.91. The molecule has 6 nitrogen and oxygen atoms in total. The lowest BCUT2D eigenvalue weighted by Crippen LogP contribution is -2.49. The van der Waals surface area contributed by atoms with Crippen LogP contribution < -0.4 is 5.32 Å². The number of aliphatic hydroxyl groups is 1. The zero-order valence-corrected chi connectivity index (χ0v) is 19.8. The smallest absolute Gasteiger partial charge is 0.322 e. The number of likely N-dealkylation sites (N-methyl/N-ethyl adjacent to an activating group) is 1. The Labute approximate surface area is 199 Å². The van der Waals surface area contributed by atoms with Crippen molar-refractivity contribution in [3.8, 4) is 6.07 Å². The number of amides is 2. The molecule has 2 aromatic rings. The van der Waals surface area contributed by atoms with E-state index in [1.807, 2.05) is 30.0 Å². The summed E-state index contributed by atoms with van der Waals surface area (Å²) in [6.07, 6.45) is 2.34. The number of halogens is 2. The molecule has 0 atom stereocenters. The predicted octanol–water partition coefficient (Wildman–Crippen LogP) is 5.09. The molecule has 0 spiro atoms. The van der Waals surface area contributed by atoms with Crippen molar-refractivity contribution >= 4 is 34.9 Å². The molecule has 0 saturated heterocycles. The summed E-state index contributed by atoms with van der Waals surface area (Å²) >= 11 is 12.1. The summed E-state index contributed by atoms with van der Waals surface area (Å²) in [6, 6.07) is 14.0. The van der Waals surface area contributed by atoms with Gasteiger partial charge in [0.25, 0.3) is 0 Å². The summed E-state index contributed by atoms with van der Waals surface area (Å²) in [4.78, 5) is 17.0. The molecule has 0 aliphatic heterocycles. The Morgan fingerprint density at radius 1 is 1.16 bits per heavy atom. The number of nitrogens with zero attached hydrogens (tertiary/aromatic N) is 3. The fourth-order valence-corrected chi connectivity index (χ4v) is 4.66. The number of carbonyl (C=O) groups excluding carboxylic acids is 1. The molecule has 0 radical (unpaired) electrons. The summed E-state index contributed by atoms with van der Waals surface area (Å²) < 4.78 is 0. The maximum atomic E-state index is 13.2. The maximum Gasteiger partial charge on any atom is 0.322 e. The summed E-state index contributed by atoms with van der Waals surface area (Å²) in [5, 5.41) is 24.2. The van der Waals surface area contributed by atoms with E-state index in [1.165, 1.54) is 0 Å². The highest BCUT2D eigenvalue weighted by molar-refractivity contribution is 6.35. The van der Waals surface area contributed by atoms with Gasteiger partial charge in [0, 0.05) is 34.9 Å². The number of benzene rings is 2. The average molecular weight is 475 g/mol. The van der Waals surface area contributed by atoms with Crippen molar-refractivity contribution in [2.24, 2.45) is 0 Å². The zero-order chi connectivity index (χ0) is 23.3. The number of urea groups is 1. The molecule has 0 unspecified atom stereocenters. The van der Waals surface area contributed by atoms with Crippen LogP contribution in [-0.4, -0.2) is 54.2 Å². The number of hydrogen-bond acceptors (Lipinski definition) is 4. The quantitative estimate of drug-likeness (QED) is 0.610. The number of rotatable bonds is 6. The first-order valence-electron chi connectivity index (χ1n) is 10.6. The van der Waals surface area contributed by atoms with Crippen LogP contribution in [0.15, 0.2) is 42.5 Å². The first-order valence-corrected chi connectivity index (χ1v) is 11.4. The average Bonchev–Trinajstić information content (AvgIpc) is 2.74. The van der Waals surface area contributed by atoms with Gasteiger partial charge in [-0.2, -0.15) is 5.26 Å². The second kappa shape index (κ2) is 10.5. The highest BCUT2D eigenvalue weighted by atomic mass is 35.5. The van der Waals surface area contributed by atoms with Gasteiger partial charge in [0.1, 0.15) is 0 Å². The van der Waals surface area contributed by atoms with E-state index >= 15 is 0 Å². The van der Waals surface area contributed by atoms with Crippen LogP contribution >= 0.6 is 23.2 Å². The fourth-order valence-electron chi connectivity index (χ4n) is 4.14. The van der Waals surface area contributed by atoms with Gasteiger partial charge in [0.2, 0.25) is 0 Å². The minimum Gasteiger partial charge on any atom is -0.385 e. The van der Waals surface area contributed by atoms with Gasteiger partial charge in [-0.3, -0.25) is 0 Å². The second-order valence-electron chi connectivity index (χ2n) is 8.54. The van der Waals surface area contributed by atoms with Crippen LogP contribution in [0.1, 0.15) is 36.8 Å². The van der Waals surface area contributed by atoms with Crippen molar-refractivity contribution in [3.63, 3.8) is 0 Å². The molecule has 170 valence electrons. The van der Waals surface area contributed by atoms with Crippen molar-refractivity contribution in [2.45, 2.75) is 37.3 Å². The molecule has 1 saturated carbocycles. The molecule has 0 aromatic heterocycles. The first-order chi connectivity index (χ1) is 15.2. The number of nitriles is 1. The normalized spacial score (nSPS) is 20.6. The van der Waals surface area contributed by atoms with Crippen LogP contribution in [0.3, 0.4) is 0 Å². The van der Waals surface area contributed by atoms with Gasteiger partial charge < -0.3 is 20.2 Å². The van der Waals surface area contributed by atoms with Gasteiger partial charge in [-0.1, -0.05) is 35.3 Å². The standard InChI is InChI=1S/C24H28Cl2N4O2/c1-29(2)10-11-30(23(31)28-21-14-19(25)13-20(26)15-21)22-6-8-24(32,9-7-22)18-5-3-4-17(12-18)16-27/h3-5,12-15,22,32H,6-11H2,1-2H3,(H,28,31)/t22-,24+. The van der Waals surface area contributed by atoms with E-state index in [0.717, 1.165) is 5.56 Å². The molecule has 32 heavy (non-hydrogen) atoms. The number of hydrogen-bond donors (Lipinski definition) is 2. The number of carbonyl (C=O) groups is 1. The molecule has 1 aliphatic rings. The van der Waals surface area contributed by atoms with Crippen LogP contribution in [0.4, 0.5) is 10.5 Å². The molecule has 8 heteroatoms. The summed E-state index contributed by atoms with van der Waals surface area (Å²) in [5.41, 5.74) is 0.842. The minimum atomic E-state index is -0.993. The molecule has 0 heterocycles. The SMILES string of the molecule is CN(C)CCN(C(=O)Nc1cc(Cl)cc(Cl)c1)[C@H]1CC[C@](O)(c2cccc(C#N)c2)CC1. The Bertz CT molecular complexity index is 977. The molecule has 0 bridgehead atoms. The Morgan fingerprint density at radius 3 is 2.41 bits per heavy atom. The second-order valence-corrected chi connectivity index (χ2v) is 9.41. The predicted molar refractivity (Wildman–Crippen MR) is 128 cm³/mol. The van der Waals surface area contributed by atoms with Crippen molar-refractivity contribution in [1.29, 1.82) is 5.26 Å². The van der Waals surface area contributed by atoms with Crippen molar-refractivity contribution in [2.75, 3.05) is 32.5 Å². The molecule has 2 N–H and O–H groups in total. The van der Waals surface area contributed by atoms with E-state index in [4.69, 9.17) is 23.2 Å². The van der Waals surface area contributed by atoms with E-state index in [2.05, 4.69) is 11.4 Å². The topological polar surface area (TPSA) is 79.6 Å². The van der Waals surface area contributed by atoms with Crippen LogP contribution in [0.5, 0.6) is 0 Å².